The van der Waals surface area contributed by atoms with Gasteiger partial charge in [-0.15, -0.1) is 0 Å². The summed E-state index contributed by atoms with van der Waals surface area (Å²) >= 11 is 0. The summed E-state index contributed by atoms with van der Waals surface area (Å²) in [6.07, 6.45) is 3.37. The maximum absolute atomic E-state index is 12.5. The second kappa shape index (κ2) is 6.04. The molecule has 0 fully saturated rings. The Bertz CT molecular complexity index is 932. The Morgan fingerprint density at radius 1 is 1.29 bits per heavy atom. The molecule has 0 aliphatic carbocycles. The fourth-order valence-electron chi connectivity index (χ4n) is 2.48. The number of hydrogen-bond acceptors (Lipinski definition) is 4. The van der Waals surface area contributed by atoms with Crippen LogP contribution < -0.4 is 11.1 Å². The number of carbonyl (C=O) groups excluding carboxylic acids is 2. The molecule has 7 nitrogen and oxygen atoms in total. The molecular formula is C17H16N4O3. The van der Waals surface area contributed by atoms with Gasteiger partial charge in [-0.2, -0.15) is 0 Å². The molecule has 7 heteroatoms. The minimum Gasteiger partial charge on any atom is -0.507 e. The molecular weight excluding hydrogens is 308 g/mol. The summed E-state index contributed by atoms with van der Waals surface area (Å²) in [6, 6.07) is 9.60. The van der Waals surface area contributed by atoms with Gasteiger partial charge in [0, 0.05) is 6.20 Å². The molecule has 4 N–H and O–H groups in total. The minimum absolute atomic E-state index is 0.0138. The molecule has 24 heavy (non-hydrogen) atoms. The lowest BCUT2D eigenvalue weighted by atomic mass is 10.0. The van der Waals surface area contributed by atoms with Crippen molar-refractivity contribution in [3.8, 4) is 5.75 Å². The van der Waals surface area contributed by atoms with E-state index in [2.05, 4.69) is 10.3 Å². The van der Waals surface area contributed by atoms with E-state index >= 15 is 0 Å². The Hall–Kier alpha value is -3.35. The van der Waals surface area contributed by atoms with Gasteiger partial charge in [-0.05, 0) is 36.8 Å². The maximum Gasteiger partial charge on any atom is 0.288 e. The predicted molar refractivity (Wildman–Crippen MR) is 87.7 cm³/mol. The Morgan fingerprint density at radius 3 is 2.83 bits per heavy atom. The monoisotopic (exact) mass is 324 g/mol. The van der Waals surface area contributed by atoms with Gasteiger partial charge in [0.25, 0.3) is 11.8 Å². The van der Waals surface area contributed by atoms with Gasteiger partial charge in [-0.3, -0.25) is 14.0 Å². The number of nitrogens with one attached hydrogen (secondary N) is 1. The van der Waals surface area contributed by atoms with Crippen LogP contribution in [0.4, 0.5) is 0 Å². The minimum atomic E-state index is -0.730. The summed E-state index contributed by atoms with van der Waals surface area (Å²) in [4.78, 5) is 27.9. The van der Waals surface area contributed by atoms with Gasteiger partial charge in [0.1, 0.15) is 5.75 Å². The molecule has 0 aliphatic rings. The van der Waals surface area contributed by atoms with Gasteiger partial charge in [0.2, 0.25) is 5.82 Å². The Labute approximate surface area is 137 Å². The van der Waals surface area contributed by atoms with Gasteiger partial charge >= 0.3 is 0 Å². The second-order valence-electron chi connectivity index (χ2n) is 5.41. The molecule has 2 aromatic heterocycles. The van der Waals surface area contributed by atoms with E-state index < -0.39 is 11.9 Å². The lowest BCUT2D eigenvalue weighted by molar-refractivity contribution is 0.0928. The lowest BCUT2D eigenvalue weighted by Crippen LogP contribution is -2.28. The van der Waals surface area contributed by atoms with E-state index in [4.69, 9.17) is 5.73 Å². The highest BCUT2D eigenvalue weighted by molar-refractivity contribution is 5.96. The fourth-order valence-corrected chi connectivity index (χ4v) is 2.48. The van der Waals surface area contributed by atoms with Gasteiger partial charge in [0.15, 0.2) is 0 Å². The Morgan fingerprint density at radius 2 is 2.08 bits per heavy atom. The van der Waals surface area contributed by atoms with Crippen LogP contribution >= 0.6 is 0 Å². The average molecular weight is 324 g/mol. The molecule has 1 aromatic carbocycles. The molecule has 0 spiro atoms. The van der Waals surface area contributed by atoms with Gasteiger partial charge in [-0.1, -0.05) is 12.1 Å². The number of amides is 2. The van der Waals surface area contributed by atoms with Crippen molar-refractivity contribution in [3.05, 3.63) is 65.7 Å². The zero-order valence-corrected chi connectivity index (χ0v) is 12.9. The smallest absolute Gasteiger partial charge is 0.288 e. The molecule has 3 aromatic rings. The molecule has 0 bridgehead atoms. The zero-order valence-electron chi connectivity index (χ0n) is 12.9. The third-order valence-electron chi connectivity index (χ3n) is 3.78. The number of fused-ring (bicyclic) bond motifs is 1. The number of pyridine rings is 1. The van der Waals surface area contributed by atoms with E-state index in [0.717, 1.165) is 5.52 Å². The Kier molecular flexibility index (Phi) is 3.91. The van der Waals surface area contributed by atoms with E-state index in [0.29, 0.717) is 5.56 Å². The van der Waals surface area contributed by atoms with E-state index in [1.807, 2.05) is 18.2 Å². The molecule has 2 amide bonds. The van der Waals surface area contributed by atoms with Gasteiger partial charge in [0.05, 0.1) is 23.3 Å². The highest BCUT2D eigenvalue weighted by Crippen LogP contribution is 2.22. The third-order valence-corrected chi connectivity index (χ3v) is 3.78. The summed E-state index contributed by atoms with van der Waals surface area (Å²) in [5.74, 6) is -0.995. The predicted octanol–water partition coefficient (Wildman–Crippen LogP) is 1.63. The average Bonchev–Trinajstić information content (AvgIpc) is 2.99. The summed E-state index contributed by atoms with van der Waals surface area (Å²) in [5, 5.41) is 12.5. The van der Waals surface area contributed by atoms with Crippen molar-refractivity contribution in [2.75, 3.05) is 0 Å². The van der Waals surface area contributed by atoms with E-state index in [1.165, 1.54) is 12.1 Å². The quantitative estimate of drug-likeness (QED) is 0.677. The fraction of sp³-hybridized carbons (Fsp3) is 0.118. The number of hydrogen-bond donors (Lipinski definition) is 3. The van der Waals surface area contributed by atoms with Gasteiger partial charge in [-0.25, -0.2) is 4.98 Å². The number of nitrogens with zero attached hydrogens (tertiary/aromatic N) is 2. The second-order valence-corrected chi connectivity index (χ2v) is 5.41. The van der Waals surface area contributed by atoms with Crippen molar-refractivity contribution in [3.63, 3.8) is 0 Å². The summed E-state index contributed by atoms with van der Waals surface area (Å²) in [5.41, 5.74) is 6.70. The SMILES string of the molecule is CC(NC(=O)c1ncc2ccccn12)c1ccc(O)c(C(N)=O)c1. The molecule has 2 heterocycles. The number of aromatic hydroxyl groups is 1. The number of primary amides is 1. The molecule has 1 unspecified atom stereocenters. The third kappa shape index (κ3) is 2.79. The van der Waals surface area contributed by atoms with E-state index in [9.17, 15) is 14.7 Å². The van der Waals surface area contributed by atoms with Crippen LogP contribution in [0, 0.1) is 0 Å². The van der Waals surface area contributed by atoms with Crippen LogP contribution in [0.15, 0.2) is 48.8 Å². The topological polar surface area (TPSA) is 110 Å². The van der Waals surface area contributed by atoms with Crippen LogP contribution in [0.2, 0.25) is 0 Å². The highest BCUT2D eigenvalue weighted by atomic mass is 16.3. The summed E-state index contributed by atoms with van der Waals surface area (Å²) < 4.78 is 1.69. The summed E-state index contributed by atoms with van der Waals surface area (Å²) in [6.45, 7) is 1.77. The number of imidazole rings is 1. The normalized spacial score (nSPS) is 12.0. The largest absolute Gasteiger partial charge is 0.507 e. The van der Waals surface area contributed by atoms with Gasteiger partial charge < -0.3 is 16.2 Å². The molecule has 122 valence electrons. The molecule has 0 radical (unpaired) electrons. The van der Waals surface area contributed by atoms with Crippen LogP contribution in [-0.2, 0) is 0 Å². The van der Waals surface area contributed by atoms with Crippen LogP contribution in [0.1, 0.15) is 39.5 Å². The number of aromatic nitrogens is 2. The first-order valence-corrected chi connectivity index (χ1v) is 7.33. The van der Waals surface area contributed by atoms with Crippen molar-refractivity contribution in [1.82, 2.24) is 14.7 Å². The molecule has 1 atom stereocenters. The molecule has 3 rings (SSSR count). The Balaban J connectivity index is 1.84. The zero-order chi connectivity index (χ0) is 17.3. The van der Waals surface area contributed by atoms with Crippen LogP contribution in [0.3, 0.4) is 0 Å². The molecule has 0 saturated carbocycles. The van der Waals surface area contributed by atoms with Crippen molar-refractivity contribution in [2.45, 2.75) is 13.0 Å². The highest BCUT2D eigenvalue weighted by Gasteiger charge is 2.17. The number of rotatable bonds is 4. The van der Waals surface area contributed by atoms with E-state index in [-0.39, 0.29) is 23.0 Å². The van der Waals surface area contributed by atoms with Crippen molar-refractivity contribution < 1.29 is 14.7 Å². The van der Waals surface area contributed by atoms with Crippen molar-refractivity contribution in [1.29, 1.82) is 0 Å². The number of benzene rings is 1. The van der Waals surface area contributed by atoms with Crippen LogP contribution in [0.25, 0.3) is 5.52 Å². The first kappa shape index (κ1) is 15.5. The van der Waals surface area contributed by atoms with Crippen LogP contribution in [0.5, 0.6) is 5.75 Å². The molecule has 0 saturated heterocycles. The molecule has 0 aliphatic heterocycles. The number of phenols is 1. The lowest BCUT2D eigenvalue weighted by Gasteiger charge is -2.15. The van der Waals surface area contributed by atoms with Crippen molar-refractivity contribution >= 4 is 17.3 Å². The van der Waals surface area contributed by atoms with E-state index in [1.54, 1.807) is 29.8 Å². The maximum atomic E-state index is 12.5. The standard InChI is InChI=1S/C17H16N4O3/c1-10(11-5-6-14(22)13(8-11)15(18)23)20-17(24)16-19-9-12-4-2-3-7-21(12)16/h2-10,22H,1H3,(H2,18,23)(H,20,24). The number of carbonyl (C=O) groups is 2. The first-order chi connectivity index (χ1) is 11.5. The number of nitrogens with two attached hydrogens (primary N) is 1. The first-order valence-electron chi connectivity index (χ1n) is 7.33. The summed E-state index contributed by atoms with van der Waals surface area (Å²) in [7, 11) is 0. The van der Waals surface area contributed by atoms with Crippen molar-refractivity contribution in [2.24, 2.45) is 5.73 Å². The van der Waals surface area contributed by atoms with Crippen LogP contribution in [-0.4, -0.2) is 26.3 Å².